The van der Waals surface area contributed by atoms with Gasteiger partial charge in [-0.05, 0) is 25.5 Å². The molecule has 1 aromatic carbocycles. The van der Waals surface area contributed by atoms with Crippen LogP contribution in [-0.2, 0) is 9.59 Å². The van der Waals surface area contributed by atoms with E-state index < -0.39 is 17.9 Å². The molecule has 1 unspecified atom stereocenters. The number of hydrogen-bond acceptors (Lipinski definition) is 4. The first-order valence-corrected chi connectivity index (χ1v) is 5.89. The van der Waals surface area contributed by atoms with E-state index in [0.29, 0.717) is 17.7 Å². The normalized spacial score (nSPS) is 11.7. The maximum absolute atomic E-state index is 11.5. The Morgan fingerprint density at radius 3 is 2.68 bits per heavy atom. The van der Waals surface area contributed by atoms with Crippen molar-refractivity contribution in [3.05, 3.63) is 23.8 Å². The number of carbonyl (C=O) groups excluding carboxylic acids is 1. The zero-order valence-corrected chi connectivity index (χ0v) is 10.8. The number of aromatic hydroxyl groups is 1. The second-order valence-corrected chi connectivity index (χ2v) is 4.06. The van der Waals surface area contributed by atoms with Crippen LogP contribution in [0.25, 0.3) is 0 Å². The summed E-state index contributed by atoms with van der Waals surface area (Å²) in [6.45, 7) is 3.03. The molecule has 104 valence electrons. The Bertz CT molecular complexity index is 472. The summed E-state index contributed by atoms with van der Waals surface area (Å²) in [5.74, 6) is -1.13. The molecule has 0 saturated carbocycles. The number of carboxylic acids is 1. The first-order chi connectivity index (χ1) is 8.95. The van der Waals surface area contributed by atoms with E-state index in [0.717, 1.165) is 0 Å². The number of rotatable bonds is 6. The van der Waals surface area contributed by atoms with Crippen molar-refractivity contribution < 1.29 is 24.5 Å². The topological polar surface area (TPSA) is 95.9 Å². The number of aliphatic carboxylic acids is 1. The molecule has 0 heterocycles. The number of carboxylic acid groups (broad SMARTS) is 1. The quantitative estimate of drug-likeness (QED) is 0.716. The van der Waals surface area contributed by atoms with E-state index in [-0.39, 0.29) is 12.4 Å². The highest BCUT2D eigenvalue weighted by molar-refractivity contribution is 5.84. The summed E-state index contributed by atoms with van der Waals surface area (Å²) < 4.78 is 5.24. The third kappa shape index (κ3) is 4.17. The molecule has 1 aromatic rings. The van der Waals surface area contributed by atoms with Gasteiger partial charge in [0.15, 0.2) is 6.61 Å². The largest absolute Gasteiger partial charge is 0.508 e. The van der Waals surface area contributed by atoms with Gasteiger partial charge < -0.3 is 20.3 Å². The minimum absolute atomic E-state index is 0.0786. The van der Waals surface area contributed by atoms with Crippen LogP contribution in [0.3, 0.4) is 0 Å². The van der Waals surface area contributed by atoms with Gasteiger partial charge in [0.25, 0.3) is 5.91 Å². The van der Waals surface area contributed by atoms with E-state index in [1.807, 2.05) is 0 Å². The van der Waals surface area contributed by atoms with Crippen LogP contribution in [0.4, 0.5) is 0 Å². The molecule has 6 heteroatoms. The SMILES string of the molecule is CCC(NC(=O)COc1cccc(O)c1C)C(=O)O. The van der Waals surface area contributed by atoms with Crippen molar-refractivity contribution in [2.75, 3.05) is 6.61 Å². The number of phenols is 1. The molecule has 0 radical (unpaired) electrons. The average molecular weight is 267 g/mol. The first kappa shape index (κ1) is 14.8. The highest BCUT2D eigenvalue weighted by atomic mass is 16.5. The molecule has 0 spiro atoms. The summed E-state index contributed by atoms with van der Waals surface area (Å²) in [5, 5.41) is 20.6. The number of nitrogens with one attached hydrogen (secondary N) is 1. The maximum Gasteiger partial charge on any atom is 0.326 e. The van der Waals surface area contributed by atoms with Crippen molar-refractivity contribution in [2.45, 2.75) is 26.3 Å². The van der Waals surface area contributed by atoms with Gasteiger partial charge in [0.05, 0.1) is 0 Å². The minimum Gasteiger partial charge on any atom is -0.508 e. The molecule has 6 nitrogen and oxygen atoms in total. The fraction of sp³-hybridized carbons (Fsp3) is 0.385. The molecule has 0 fully saturated rings. The standard InChI is InChI=1S/C13H17NO5/c1-3-9(13(17)18)14-12(16)7-19-11-6-4-5-10(15)8(11)2/h4-6,9,15H,3,7H2,1-2H3,(H,14,16)(H,17,18). The van der Waals surface area contributed by atoms with Crippen molar-refractivity contribution in [1.82, 2.24) is 5.32 Å². The molecule has 0 aromatic heterocycles. The summed E-state index contributed by atoms with van der Waals surface area (Å²) in [4.78, 5) is 22.3. The maximum atomic E-state index is 11.5. The average Bonchev–Trinajstić information content (AvgIpc) is 2.37. The van der Waals surface area contributed by atoms with Crippen LogP contribution < -0.4 is 10.1 Å². The highest BCUT2D eigenvalue weighted by Gasteiger charge is 2.17. The molecule has 0 saturated heterocycles. The van der Waals surface area contributed by atoms with E-state index >= 15 is 0 Å². The number of amides is 1. The summed E-state index contributed by atoms with van der Waals surface area (Å²) in [7, 11) is 0. The number of hydrogen-bond donors (Lipinski definition) is 3. The predicted octanol–water partition coefficient (Wildman–Crippen LogP) is 1.06. The molecular weight excluding hydrogens is 250 g/mol. The lowest BCUT2D eigenvalue weighted by Crippen LogP contribution is -2.42. The summed E-state index contributed by atoms with van der Waals surface area (Å²) in [6, 6.07) is 3.82. The van der Waals surface area contributed by atoms with Crippen LogP contribution in [0.1, 0.15) is 18.9 Å². The first-order valence-electron chi connectivity index (χ1n) is 5.89. The minimum atomic E-state index is -1.08. The molecule has 1 rings (SSSR count). The van der Waals surface area contributed by atoms with Gasteiger partial charge in [0.2, 0.25) is 0 Å². The Labute approximate surface area is 111 Å². The molecule has 1 amide bonds. The van der Waals surface area contributed by atoms with Crippen LogP contribution in [0.15, 0.2) is 18.2 Å². The Morgan fingerprint density at radius 2 is 2.11 bits per heavy atom. The molecule has 3 N–H and O–H groups in total. The zero-order valence-electron chi connectivity index (χ0n) is 10.8. The van der Waals surface area contributed by atoms with Crippen LogP contribution in [0, 0.1) is 6.92 Å². The molecule has 1 atom stereocenters. The van der Waals surface area contributed by atoms with E-state index in [1.165, 1.54) is 6.07 Å². The number of benzene rings is 1. The second-order valence-electron chi connectivity index (χ2n) is 4.06. The fourth-order valence-corrected chi connectivity index (χ4v) is 1.48. The predicted molar refractivity (Wildman–Crippen MR) is 68.2 cm³/mol. The number of ether oxygens (including phenoxy) is 1. The van der Waals surface area contributed by atoms with Gasteiger partial charge in [-0.2, -0.15) is 0 Å². The molecule has 19 heavy (non-hydrogen) atoms. The lowest BCUT2D eigenvalue weighted by atomic mass is 10.2. The molecule has 0 aliphatic rings. The Morgan fingerprint density at radius 1 is 1.42 bits per heavy atom. The molecular formula is C13H17NO5. The molecule has 0 aliphatic heterocycles. The lowest BCUT2D eigenvalue weighted by molar-refractivity contribution is -0.142. The van der Waals surface area contributed by atoms with Crippen molar-refractivity contribution >= 4 is 11.9 Å². The fourth-order valence-electron chi connectivity index (χ4n) is 1.48. The van der Waals surface area contributed by atoms with Gasteiger partial charge in [-0.25, -0.2) is 4.79 Å². The monoisotopic (exact) mass is 267 g/mol. The van der Waals surface area contributed by atoms with E-state index in [9.17, 15) is 14.7 Å². The number of carbonyl (C=O) groups is 2. The van der Waals surface area contributed by atoms with Crippen LogP contribution in [0.5, 0.6) is 11.5 Å². The molecule has 0 bridgehead atoms. The van der Waals surface area contributed by atoms with E-state index in [1.54, 1.807) is 26.0 Å². The van der Waals surface area contributed by atoms with Crippen molar-refractivity contribution in [2.24, 2.45) is 0 Å². The second kappa shape index (κ2) is 6.63. The summed E-state index contributed by atoms with van der Waals surface area (Å²) in [5.41, 5.74) is 0.528. The Balaban J connectivity index is 2.55. The highest BCUT2D eigenvalue weighted by Crippen LogP contribution is 2.25. The summed E-state index contributed by atoms with van der Waals surface area (Å²) in [6.07, 6.45) is 0.298. The molecule has 0 aliphatic carbocycles. The zero-order chi connectivity index (χ0) is 14.4. The van der Waals surface area contributed by atoms with Crippen molar-refractivity contribution in [3.8, 4) is 11.5 Å². The van der Waals surface area contributed by atoms with Gasteiger partial charge in [0.1, 0.15) is 17.5 Å². The summed E-state index contributed by atoms with van der Waals surface area (Å²) >= 11 is 0. The van der Waals surface area contributed by atoms with Crippen molar-refractivity contribution in [1.29, 1.82) is 0 Å². The van der Waals surface area contributed by atoms with E-state index in [2.05, 4.69) is 5.32 Å². The van der Waals surface area contributed by atoms with Crippen LogP contribution in [-0.4, -0.2) is 34.7 Å². The van der Waals surface area contributed by atoms with Crippen LogP contribution in [0.2, 0.25) is 0 Å². The van der Waals surface area contributed by atoms with Crippen molar-refractivity contribution in [3.63, 3.8) is 0 Å². The van der Waals surface area contributed by atoms with Gasteiger partial charge in [-0.15, -0.1) is 0 Å². The van der Waals surface area contributed by atoms with Gasteiger partial charge in [0, 0.05) is 5.56 Å². The number of phenolic OH excluding ortho intramolecular Hbond substituents is 1. The third-order valence-corrected chi connectivity index (χ3v) is 2.66. The third-order valence-electron chi connectivity index (χ3n) is 2.66. The van der Waals surface area contributed by atoms with Gasteiger partial charge >= 0.3 is 5.97 Å². The van der Waals surface area contributed by atoms with Gasteiger partial charge in [-0.3, -0.25) is 4.79 Å². The lowest BCUT2D eigenvalue weighted by Gasteiger charge is -2.13. The Hall–Kier alpha value is -2.24. The van der Waals surface area contributed by atoms with Crippen LogP contribution >= 0.6 is 0 Å². The Kier molecular flexibility index (Phi) is 5.17. The smallest absolute Gasteiger partial charge is 0.326 e. The van der Waals surface area contributed by atoms with E-state index in [4.69, 9.17) is 9.84 Å². The van der Waals surface area contributed by atoms with Gasteiger partial charge in [-0.1, -0.05) is 13.0 Å².